The largest absolute Gasteiger partial charge is 0.272 e. The maximum Gasteiger partial charge on any atom is 0.250 e. The Kier molecular flexibility index (Phi) is 8.17. The molecular weight excluding hydrogens is 455 g/mol. The lowest BCUT2D eigenvalue weighted by Gasteiger charge is -1.99. The Morgan fingerprint density at radius 1 is 1.07 bits per heavy atom. The molecule has 2 aromatic carbocycles. The van der Waals surface area contributed by atoms with Gasteiger partial charge in [-0.15, -0.1) is 10.2 Å². The zero-order valence-electron chi connectivity index (χ0n) is 14.3. The van der Waals surface area contributed by atoms with Crippen LogP contribution in [0.4, 0.5) is 0 Å². The number of rotatable bonds is 8. The predicted molar refractivity (Wildman–Crippen MR) is 119 cm³/mol. The van der Waals surface area contributed by atoms with Crippen LogP contribution >= 0.6 is 58.1 Å². The molecule has 3 rings (SSSR count). The zero-order chi connectivity index (χ0) is 19.8. The Morgan fingerprint density at radius 3 is 2.57 bits per heavy atom. The number of carbonyl (C=O) groups excluding carboxylic acids is 1. The van der Waals surface area contributed by atoms with Crippen molar-refractivity contribution < 1.29 is 4.79 Å². The second-order valence-electron chi connectivity index (χ2n) is 5.36. The lowest BCUT2D eigenvalue weighted by atomic mass is 10.2. The first-order valence-corrected chi connectivity index (χ1v) is 11.5. The number of hydrazone groups is 1. The van der Waals surface area contributed by atoms with Crippen LogP contribution in [0.1, 0.15) is 11.1 Å². The van der Waals surface area contributed by atoms with Crippen molar-refractivity contribution in [1.82, 2.24) is 15.6 Å². The van der Waals surface area contributed by atoms with Crippen molar-refractivity contribution in [2.24, 2.45) is 5.10 Å². The van der Waals surface area contributed by atoms with Crippen LogP contribution in [0.15, 0.2) is 62.3 Å². The number of amides is 1. The van der Waals surface area contributed by atoms with Crippen LogP contribution in [0.5, 0.6) is 0 Å². The summed E-state index contributed by atoms with van der Waals surface area (Å²) in [5.41, 5.74) is 4.45. The van der Waals surface area contributed by atoms with Crippen molar-refractivity contribution in [1.29, 1.82) is 0 Å². The van der Waals surface area contributed by atoms with Crippen molar-refractivity contribution in [3.05, 3.63) is 69.7 Å². The van der Waals surface area contributed by atoms with Gasteiger partial charge in [0.15, 0.2) is 8.68 Å². The van der Waals surface area contributed by atoms with E-state index in [0.717, 1.165) is 20.0 Å². The highest BCUT2D eigenvalue weighted by Gasteiger charge is 2.08. The number of hydrogen-bond acceptors (Lipinski definition) is 7. The highest BCUT2D eigenvalue weighted by atomic mass is 35.5. The Balaban J connectivity index is 1.41. The Morgan fingerprint density at radius 2 is 1.82 bits per heavy atom. The van der Waals surface area contributed by atoms with Gasteiger partial charge >= 0.3 is 0 Å². The topological polar surface area (TPSA) is 67.2 Å². The number of nitrogens with one attached hydrogen (secondary N) is 1. The number of aromatic nitrogens is 2. The van der Waals surface area contributed by atoms with Crippen LogP contribution in [-0.4, -0.2) is 28.1 Å². The van der Waals surface area contributed by atoms with Gasteiger partial charge < -0.3 is 0 Å². The molecule has 0 aliphatic heterocycles. The molecule has 0 spiro atoms. The standard InChI is InChI=1S/C18H14Cl2N4OS3/c19-14-7-6-13(8-15(14)20)9-21-22-16(25)11-27-18-24-23-17(28-18)26-10-12-4-2-1-3-5-12/h1-9H,10-11H2,(H,22,25)/b21-9-. The predicted octanol–water partition coefficient (Wildman–Crippen LogP) is 5.38. The third kappa shape index (κ3) is 6.79. The molecule has 144 valence electrons. The van der Waals surface area contributed by atoms with Gasteiger partial charge in [-0.05, 0) is 23.3 Å². The van der Waals surface area contributed by atoms with E-state index >= 15 is 0 Å². The molecule has 1 amide bonds. The third-order valence-corrected chi connectivity index (χ3v) is 7.27. The molecule has 0 aliphatic rings. The summed E-state index contributed by atoms with van der Waals surface area (Å²) in [4.78, 5) is 11.9. The summed E-state index contributed by atoms with van der Waals surface area (Å²) in [6.45, 7) is 0. The van der Waals surface area contributed by atoms with Crippen LogP contribution in [-0.2, 0) is 10.5 Å². The molecule has 10 heteroatoms. The Labute approximate surface area is 184 Å². The molecule has 3 aromatic rings. The van der Waals surface area contributed by atoms with Crippen LogP contribution in [0.25, 0.3) is 0 Å². The molecule has 0 saturated carbocycles. The van der Waals surface area contributed by atoms with E-state index in [2.05, 4.69) is 32.9 Å². The molecule has 0 fully saturated rings. The van der Waals surface area contributed by atoms with Crippen molar-refractivity contribution in [3.8, 4) is 0 Å². The first-order valence-electron chi connectivity index (χ1n) is 8.00. The van der Waals surface area contributed by atoms with Crippen LogP contribution in [0.3, 0.4) is 0 Å². The highest BCUT2D eigenvalue weighted by Crippen LogP contribution is 2.30. The summed E-state index contributed by atoms with van der Waals surface area (Å²) in [6.07, 6.45) is 1.51. The molecule has 28 heavy (non-hydrogen) atoms. The molecule has 0 unspecified atom stereocenters. The van der Waals surface area contributed by atoms with E-state index in [1.807, 2.05) is 18.2 Å². The fourth-order valence-electron chi connectivity index (χ4n) is 1.96. The van der Waals surface area contributed by atoms with Crippen molar-refractivity contribution in [2.75, 3.05) is 5.75 Å². The second kappa shape index (κ2) is 10.8. The minimum Gasteiger partial charge on any atom is -0.272 e. The first kappa shape index (κ1) is 21.1. The number of hydrogen-bond donors (Lipinski definition) is 1. The number of nitrogens with zero attached hydrogens (tertiary/aromatic N) is 3. The van der Waals surface area contributed by atoms with E-state index in [9.17, 15) is 4.79 Å². The summed E-state index contributed by atoms with van der Waals surface area (Å²) in [5.74, 6) is 0.816. The van der Waals surface area contributed by atoms with Gasteiger partial charge in [0.2, 0.25) is 0 Å². The summed E-state index contributed by atoms with van der Waals surface area (Å²) in [6, 6.07) is 15.3. The Hall–Kier alpha value is -1.58. The van der Waals surface area contributed by atoms with Gasteiger partial charge in [-0.25, -0.2) is 5.43 Å². The molecule has 0 radical (unpaired) electrons. The van der Waals surface area contributed by atoms with E-state index in [0.29, 0.717) is 10.0 Å². The lowest BCUT2D eigenvalue weighted by Crippen LogP contribution is -2.19. The molecule has 1 aromatic heterocycles. The normalized spacial score (nSPS) is 11.1. The fraction of sp³-hybridized carbons (Fsp3) is 0.111. The quantitative estimate of drug-likeness (QED) is 0.273. The van der Waals surface area contributed by atoms with Gasteiger partial charge in [0.1, 0.15) is 0 Å². The van der Waals surface area contributed by atoms with Gasteiger partial charge in [-0.1, -0.05) is 94.5 Å². The smallest absolute Gasteiger partial charge is 0.250 e. The van der Waals surface area contributed by atoms with E-state index in [4.69, 9.17) is 23.2 Å². The summed E-state index contributed by atoms with van der Waals surface area (Å²) in [7, 11) is 0. The summed E-state index contributed by atoms with van der Waals surface area (Å²) in [5, 5.41) is 13.1. The molecule has 1 N–H and O–H groups in total. The van der Waals surface area contributed by atoms with Gasteiger partial charge in [-0.3, -0.25) is 4.79 Å². The maximum absolute atomic E-state index is 11.9. The molecule has 0 saturated heterocycles. The number of halogens is 2. The van der Waals surface area contributed by atoms with E-state index in [-0.39, 0.29) is 11.7 Å². The maximum atomic E-state index is 11.9. The summed E-state index contributed by atoms with van der Waals surface area (Å²) >= 11 is 16.2. The molecule has 0 aliphatic carbocycles. The van der Waals surface area contributed by atoms with Gasteiger partial charge in [0.25, 0.3) is 5.91 Å². The van der Waals surface area contributed by atoms with Gasteiger partial charge in [-0.2, -0.15) is 5.10 Å². The van der Waals surface area contributed by atoms with E-state index in [1.54, 1.807) is 30.0 Å². The van der Waals surface area contributed by atoms with Crippen LogP contribution < -0.4 is 5.43 Å². The zero-order valence-corrected chi connectivity index (χ0v) is 18.3. The molecular formula is C18H14Cl2N4OS3. The average Bonchev–Trinajstić information content (AvgIpc) is 3.16. The Bertz CT molecular complexity index is 966. The number of benzene rings is 2. The SMILES string of the molecule is O=C(CSc1nnc(SCc2ccccc2)s1)N/N=C\c1ccc(Cl)c(Cl)c1. The van der Waals surface area contributed by atoms with Crippen molar-refractivity contribution >= 4 is 70.2 Å². The van der Waals surface area contributed by atoms with E-state index in [1.165, 1.54) is 34.9 Å². The summed E-state index contributed by atoms with van der Waals surface area (Å²) < 4.78 is 1.63. The second-order valence-corrected chi connectivity index (χ2v) is 9.60. The molecule has 0 atom stereocenters. The molecule has 5 nitrogen and oxygen atoms in total. The minimum absolute atomic E-state index is 0.205. The monoisotopic (exact) mass is 468 g/mol. The van der Waals surface area contributed by atoms with E-state index < -0.39 is 0 Å². The molecule has 1 heterocycles. The van der Waals surface area contributed by atoms with Crippen molar-refractivity contribution in [3.63, 3.8) is 0 Å². The third-order valence-electron chi connectivity index (χ3n) is 3.27. The highest BCUT2D eigenvalue weighted by molar-refractivity contribution is 8.03. The number of carbonyl (C=O) groups is 1. The average molecular weight is 469 g/mol. The van der Waals surface area contributed by atoms with Crippen LogP contribution in [0, 0.1) is 0 Å². The number of thioether (sulfide) groups is 2. The minimum atomic E-state index is -0.227. The van der Waals surface area contributed by atoms with Crippen molar-refractivity contribution in [2.45, 2.75) is 14.4 Å². The first-order chi connectivity index (χ1) is 13.6. The molecule has 0 bridgehead atoms. The fourth-order valence-corrected chi connectivity index (χ4v) is 5.04. The van der Waals surface area contributed by atoms with Gasteiger partial charge in [0, 0.05) is 5.75 Å². The van der Waals surface area contributed by atoms with Gasteiger partial charge in [0.05, 0.1) is 22.0 Å². The lowest BCUT2D eigenvalue weighted by molar-refractivity contribution is -0.118. The van der Waals surface area contributed by atoms with Crippen LogP contribution in [0.2, 0.25) is 10.0 Å².